The number of benzene rings is 3. The maximum atomic E-state index is 12.3. The molecule has 0 fully saturated rings. The van der Waals surface area contributed by atoms with Gasteiger partial charge in [-0.05, 0) is 65.7 Å². The van der Waals surface area contributed by atoms with E-state index in [0.717, 1.165) is 11.1 Å². The number of oxazole rings is 1. The third kappa shape index (κ3) is 4.54. The number of anilines is 1. The van der Waals surface area contributed by atoms with Crippen LogP contribution >= 0.6 is 0 Å². The lowest BCUT2D eigenvalue weighted by Crippen LogP contribution is -2.07. The number of hydrogen-bond acceptors (Lipinski definition) is 6. The number of nitrogens with one attached hydrogen (secondary N) is 1. The summed E-state index contributed by atoms with van der Waals surface area (Å²) in [5.41, 5.74) is 4.01. The molecule has 3 aromatic carbocycles. The Hall–Kier alpha value is -4.59. The summed E-state index contributed by atoms with van der Waals surface area (Å²) in [6.07, 6.45) is 3.07. The molecule has 0 aliphatic carbocycles. The second-order valence-corrected chi connectivity index (χ2v) is 7.40. The van der Waals surface area contributed by atoms with Crippen molar-refractivity contribution in [2.24, 2.45) is 0 Å². The molecule has 0 saturated heterocycles. The van der Waals surface area contributed by atoms with Crippen LogP contribution in [0.15, 0.2) is 71.2 Å². The number of hydrogen-bond donors (Lipinski definition) is 2. The lowest BCUT2D eigenvalue weighted by molar-refractivity contribution is -0.136. The minimum Gasteiger partial charge on any atom is -0.481 e. The van der Waals surface area contributed by atoms with Crippen LogP contribution in [-0.4, -0.2) is 28.8 Å². The largest absolute Gasteiger partial charge is 0.481 e. The molecule has 1 amide bonds. The first-order chi connectivity index (χ1) is 16.0. The molecule has 1 aliphatic heterocycles. The standard InChI is InChI=1S/C25H18N2O6/c28-23(10-3-15-1-9-21-22(12-15)32-14-31-21)26-18-6-4-17(5-7-18)25-27-19-11-16(13-24(29)30)2-8-20(19)33-25/h1-12H,13-14H2,(H,26,28)(H,29,30). The van der Waals surface area contributed by atoms with Crippen LogP contribution in [-0.2, 0) is 16.0 Å². The summed E-state index contributed by atoms with van der Waals surface area (Å²) in [5, 5.41) is 11.8. The fourth-order valence-electron chi connectivity index (χ4n) is 3.45. The van der Waals surface area contributed by atoms with Gasteiger partial charge in [0, 0.05) is 17.3 Å². The third-order valence-electron chi connectivity index (χ3n) is 5.03. The van der Waals surface area contributed by atoms with E-state index in [1.54, 1.807) is 54.6 Å². The molecule has 2 heterocycles. The topological polar surface area (TPSA) is 111 Å². The molecular formula is C25H18N2O6. The average molecular weight is 442 g/mol. The van der Waals surface area contributed by atoms with Crippen molar-refractivity contribution >= 4 is 34.7 Å². The van der Waals surface area contributed by atoms with E-state index in [4.69, 9.17) is 19.0 Å². The lowest BCUT2D eigenvalue weighted by Gasteiger charge is -2.03. The highest BCUT2D eigenvalue weighted by molar-refractivity contribution is 6.02. The SMILES string of the molecule is O=C(O)Cc1ccc2oc(-c3ccc(NC(=O)C=Cc4ccc5c(c4)OCO5)cc3)nc2c1. The number of fused-ring (bicyclic) bond motifs is 2. The van der Waals surface area contributed by atoms with Gasteiger partial charge >= 0.3 is 5.97 Å². The van der Waals surface area contributed by atoms with E-state index in [2.05, 4.69) is 10.3 Å². The Morgan fingerprint density at radius 2 is 1.82 bits per heavy atom. The molecule has 0 unspecified atom stereocenters. The predicted molar refractivity (Wildman–Crippen MR) is 121 cm³/mol. The minimum absolute atomic E-state index is 0.0738. The molecule has 8 heteroatoms. The van der Waals surface area contributed by atoms with Gasteiger partial charge < -0.3 is 24.3 Å². The van der Waals surface area contributed by atoms with Gasteiger partial charge in [0.2, 0.25) is 18.6 Å². The number of ether oxygens (including phenoxy) is 2. The summed E-state index contributed by atoms with van der Waals surface area (Å²) >= 11 is 0. The van der Waals surface area contributed by atoms with Crippen molar-refractivity contribution in [3.8, 4) is 23.0 Å². The third-order valence-corrected chi connectivity index (χ3v) is 5.03. The van der Waals surface area contributed by atoms with E-state index in [1.165, 1.54) is 6.08 Å². The van der Waals surface area contributed by atoms with E-state index in [0.29, 0.717) is 39.7 Å². The van der Waals surface area contributed by atoms with Crippen molar-refractivity contribution in [1.82, 2.24) is 4.98 Å². The molecule has 1 aromatic heterocycles. The van der Waals surface area contributed by atoms with Gasteiger partial charge in [0.1, 0.15) is 5.52 Å². The van der Waals surface area contributed by atoms with Gasteiger partial charge in [-0.15, -0.1) is 0 Å². The number of aliphatic carboxylic acids is 1. The number of nitrogens with zero attached hydrogens (tertiary/aromatic N) is 1. The van der Waals surface area contributed by atoms with Crippen LogP contribution in [0.1, 0.15) is 11.1 Å². The molecular weight excluding hydrogens is 424 g/mol. The van der Waals surface area contributed by atoms with Crippen LogP contribution in [0.5, 0.6) is 11.5 Å². The van der Waals surface area contributed by atoms with Gasteiger partial charge in [0.15, 0.2) is 17.1 Å². The molecule has 0 bridgehead atoms. The van der Waals surface area contributed by atoms with Crippen LogP contribution in [0.2, 0.25) is 0 Å². The smallest absolute Gasteiger partial charge is 0.307 e. The van der Waals surface area contributed by atoms with Crippen molar-refractivity contribution < 1.29 is 28.6 Å². The summed E-state index contributed by atoms with van der Waals surface area (Å²) in [6.45, 7) is 0.203. The second kappa shape index (κ2) is 8.51. The molecule has 0 spiro atoms. The van der Waals surface area contributed by atoms with Gasteiger partial charge in [-0.1, -0.05) is 12.1 Å². The number of amides is 1. The van der Waals surface area contributed by atoms with Gasteiger partial charge in [0.25, 0.3) is 0 Å². The Bertz CT molecular complexity index is 1390. The van der Waals surface area contributed by atoms with Crippen LogP contribution in [0.4, 0.5) is 5.69 Å². The van der Waals surface area contributed by atoms with E-state index < -0.39 is 5.97 Å². The minimum atomic E-state index is -0.901. The van der Waals surface area contributed by atoms with Crippen molar-refractivity contribution in [3.05, 3.63) is 77.9 Å². The van der Waals surface area contributed by atoms with Crippen LogP contribution in [0.3, 0.4) is 0 Å². The molecule has 5 rings (SSSR count). The Kier molecular flexibility index (Phi) is 5.24. The fourth-order valence-corrected chi connectivity index (χ4v) is 3.45. The van der Waals surface area contributed by atoms with Gasteiger partial charge in [0.05, 0.1) is 6.42 Å². The first-order valence-electron chi connectivity index (χ1n) is 10.1. The Morgan fingerprint density at radius 3 is 2.64 bits per heavy atom. The van der Waals surface area contributed by atoms with Gasteiger partial charge in [-0.3, -0.25) is 9.59 Å². The van der Waals surface area contributed by atoms with E-state index in [1.807, 2.05) is 12.1 Å². The number of carbonyl (C=O) groups is 2. The maximum absolute atomic E-state index is 12.3. The highest BCUT2D eigenvalue weighted by Crippen LogP contribution is 2.32. The molecule has 8 nitrogen and oxygen atoms in total. The Balaban J connectivity index is 1.25. The van der Waals surface area contributed by atoms with Gasteiger partial charge in [-0.2, -0.15) is 0 Å². The Morgan fingerprint density at radius 1 is 1.00 bits per heavy atom. The molecule has 164 valence electrons. The summed E-state index contributed by atoms with van der Waals surface area (Å²) in [5.74, 6) is 0.592. The van der Waals surface area contributed by atoms with Crippen molar-refractivity contribution in [2.75, 3.05) is 12.1 Å². The van der Waals surface area contributed by atoms with Crippen LogP contribution < -0.4 is 14.8 Å². The Labute approximate surface area is 188 Å². The van der Waals surface area contributed by atoms with Crippen molar-refractivity contribution in [3.63, 3.8) is 0 Å². The number of carboxylic acid groups (broad SMARTS) is 1. The van der Waals surface area contributed by atoms with Crippen LogP contribution in [0.25, 0.3) is 28.6 Å². The summed E-state index contributed by atoms with van der Waals surface area (Å²) < 4.78 is 16.4. The zero-order valence-electron chi connectivity index (χ0n) is 17.3. The fraction of sp³-hybridized carbons (Fsp3) is 0.0800. The number of aromatic nitrogens is 1. The lowest BCUT2D eigenvalue weighted by atomic mass is 10.1. The van der Waals surface area contributed by atoms with E-state index in [9.17, 15) is 9.59 Å². The molecule has 1 aliphatic rings. The summed E-state index contributed by atoms with van der Waals surface area (Å²) in [7, 11) is 0. The second-order valence-electron chi connectivity index (χ2n) is 7.40. The zero-order valence-corrected chi connectivity index (χ0v) is 17.3. The highest BCUT2D eigenvalue weighted by Gasteiger charge is 2.13. The summed E-state index contributed by atoms with van der Waals surface area (Å²) in [4.78, 5) is 27.6. The van der Waals surface area contributed by atoms with Crippen molar-refractivity contribution in [1.29, 1.82) is 0 Å². The number of carboxylic acids is 1. The summed E-state index contributed by atoms with van der Waals surface area (Å²) in [6, 6.07) is 17.7. The zero-order chi connectivity index (χ0) is 22.8. The normalized spacial score (nSPS) is 12.4. The van der Waals surface area contributed by atoms with Crippen LogP contribution in [0, 0.1) is 0 Å². The first kappa shape index (κ1) is 20.3. The van der Waals surface area contributed by atoms with Crippen molar-refractivity contribution in [2.45, 2.75) is 6.42 Å². The predicted octanol–water partition coefficient (Wildman–Crippen LogP) is 4.50. The highest BCUT2D eigenvalue weighted by atomic mass is 16.7. The molecule has 4 aromatic rings. The van der Waals surface area contributed by atoms with E-state index >= 15 is 0 Å². The number of rotatable bonds is 6. The first-order valence-corrected chi connectivity index (χ1v) is 10.1. The maximum Gasteiger partial charge on any atom is 0.307 e. The average Bonchev–Trinajstić information content (AvgIpc) is 3.44. The molecule has 0 saturated carbocycles. The molecule has 33 heavy (non-hydrogen) atoms. The molecule has 2 N–H and O–H groups in total. The molecule has 0 radical (unpaired) electrons. The quantitative estimate of drug-likeness (QED) is 0.423. The number of carbonyl (C=O) groups excluding carboxylic acids is 1. The monoisotopic (exact) mass is 442 g/mol. The van der Waals surface area contributed by atoms with Gasteiger partial charge in [-0.25, -0.2) is 4.98 Å². The van der Waals surface area contributed by atoms with E-state index in [-0.39, 0.29) is 19.1 Å². The molecule has 0 atom stereocenters.